The fourth-order valence-electron chi connectivity index (χ4n) is 3.66. The number of carbonyl (C=O) groups is 1. The molecule has 1 aliphatic heterocycles. The maximum Gasteiger partial charge on any atom is 0.216 e. The Hall–Kier alpha value is -1.81. The first-order chi connectivity index (χ1) is 15.8. The molecule has 0 unspecified atom stereocenters. The van der Waals surface area contributed by atoms with Crippen LogP contribution in [-0.4, -0.2) is 63.9 Å². The molecule has 33 heavy (non-hydrogen) atoms. The number of aliphatic hydroxyl groups excluding tert-OH is 3. The number of thioether (sulfide) groups is 1. The van der Waals surface area contributed by atoms with E-state index < -0.39 is 29.9 Å². The van der Waals surface area contributed by atoms with Crippen LogP contribution in [-0.2, 0) is 16.0 Å². The zero-order valence-corrected chi connectivity index (χ0v) is 20.2. The normalized spacial score (nSPS) is 25.0. The first kappa shape index (κ1) is 25.8. The highest BCUT2D eigenvalue weighted by atomic mass is 35.5. The number of aliphatic hydroxyl groups is 3. The number of ether oxygens (including phenoxy) is 2. The number of halogens is 1. The van der Waals surface area contributed by atoms with Gasteiger partial charge >= 0.3 is 0 Å². The van der Waals surface area contributed by atoms with Crippen molar-refractivity contribution in [3.8, 4) is 5.75 Å². The summed E-state index contributed by atoms with van der Waals surface area (Å²) in [7, 11) is 0. The van der Waals surface area contributed by atoms with Gasteiger partial charge in [-0.3, -0.25) is 4.79 Å². The van der Waals surface area contributed by atoms with Gasteiger partial charge in [0, 0.05) is 24.2 Å². The molecule has 0 aliphatic carbocycles. The van der Waals surface area contributed by atoms with Gasteiger partial charge in [-0.15, -0.1) is 11.8 Å². The number of nitrogens with one attached hydrogen (secondary N) is 1. The maximum atomic E-state index is 11.0. The van der Waals surface area contributed by atoms with Gasteiger partial charge in [0.15, 0.2) is 0 Å². The molecule has 1 aliphatic rings. The van der Waals surface area contributed by atoms with Gasteiger partial charge in [0.05, 0.1) is 6.61 Å². The van der Waals surface area contributed by atoms with Gasteiger partial charge in [0.1, 0.15) is 35.6 Å². The van der Waals surface area contributed by atoms with Crippen LogP contribution in [0.2, 0.25) is 5.02 Å². The van der Waals surface area contributed by atoms with Gasteiger partial charge in [0.25, 0.3) is 0 Å². The van der Waals surface area contributed by atoms with Gasteiger partial charge in [-0.25, -0.2) is 0 Å². The van der Waals surface area contributed by atoms with Gasteiger partial charge in [-0.05, 0) is 48.2 Å². The van der Waals surface area contributed by atoms with Crippen LogP contribution in [0.15, 0.2) is 42.5 Å². The Balaban J connectivity index is 1.74. The third kappa shape index (κ3) is 6.85. The van der Waals surface area contributed by atoms with Crippen molar-refractivity contribution in [1.82, 2.24) is 5.32 Å². The van der Waals surface area contributed by atoms with Crippen LogP contribution in [0, 0.1) is 0 Å². The predicted octanol–water partition coefficient (Wildman–Crippen LogP) is 2.68. The fraction of sp³-hybridized carbons (Fsp3) is 0.458. The van der Waals surface area contributed by atoms with E-state index in [1.165, 1.54) is 18.7 Å². The number of hydrogen-bond acceptors (Lipinski definition) is 7. The van der Waals surface area contributed by atoms with E-state index in [0.717, 1.165) is 16.9 Å². The van der Waals surface area contributed by atoms with Crippen LogP contribution in [0.3, 0.4) is 0 Å². The van der Waals surface area contributed by atoms with Crippen LogP contribution in [0.1, 0.15) is 36.6 Å². The van der Waals surface area contributed by atoms with E-state index in [1.54, 1.807) is 12.1 Å². The summed E-state index contributed by atoms with van der Waals surface area (Å²) in [4.78, 5) is 11.0. The lowest BCUT2D eigenvalue weighted by Crippen LogP contribution is -2.53. The standard InChI is InChI=1S/C24H30ClNO6S/c1-3-31-18-7-4-15(5-8-18)12-17-13-16(6-9-19(17)25)23-21(29)20(28)22(30)24(32-23)33-11-10-26-14(2)27/h4-9,13,20-24,28-30H,3,10-12H2,1-2H3,(H,26,27)/t20-,21+,22+,23-,24+/m0/s1. The molecule has 180 valence electrons. The fourth-order valence-corrected chi connectivity index (χ4v) is 4.85. The molecular weight excluding hydrogens is 466 g/mol. The summed E-state index contributed by atoms with van der Waals surface area (Å²) >= 11 is 7.71. The molecule has 2 aromatic carbocycles. The molecule has 2 aromatic rings. The molecule has 1 amide bonds. The third-order valence-corrected chi connectivity index (χ3v) is 6.88. The molecule has 7 nitrogen and oxygen atoms in total. The predicted molar refractivity (Wildman–Crippen MR) is 129 cm³/mol. The van der Waals surface area contributed by atoms with Gasteiger partial charge in [-0.2, -0.15) is 0 Å². The number of rotatable bonds is 9. The quantitative estimate of drug-likeness (QED) is 0.396. The molecule has 0 bridgehead atoms. The highest BCUT2D eigenvalue weighted by Gasteiger charge is 2.44. The Bertz CT molecular complexity index is 928. The molecule has 0 saturated carbocycles. The van der Waals surface area contributed by atoms with Crippen LogP contribution in [0.25, 0.3) is 0 Å². The molecule has 0 spiro atoms. The second kappa shape index (κ2) is 12.1. The average Bonchev–Trinajstić information content (AvgIpc) is 2.79. The van der Waals surface area contributed by atoms with Crippen LogP contribution < -0.4 is 10.1 Å². The molecule has 3 rings (SSSR count). The van der Waals surface area contributed by atoms with E-state index in [2.05, 4.69) is 5.32 Å². The Kier molecular flexibility index (Phi) is 9.43. The van der Waals surface area contributed by atoms with Crippen molar-refractivity contribution in [3.63, 3.8) is 0 Å². The van der Waals surface area contributed by atoms with Crippen LogP contribution >= 0.6 is 23.4 Å². The Morgan fingerprint density at radius 2 is 1.85 bits per heavy atom. The number of benzene rings is 2. The van der Waals surface area contributed by atoms with Crippen molar-refractivity contribution in [2.45, 2.75) is 50.1 Å². The second-order valence-electron chi connectivity index (χ2n) is 7.86. The Labute approximate surface area is 203 Å². The molecule has 4 N–H and O–H groups in total. The van der Waals surface area contributed by atoms with Crippen molar-refractivity contribution < 1.29 is 29.6 Å². The monoisotopic (exact) mass is 495 g/mol. The molecular formula is C24H30ClNO6S. The van der Waals surface area contributed by atoms with E-state index in [4.69, 9.17) is 21.1 Å². The summed E-state index contributed by atoms with van der Waals surface area (Å²) in [6.07, 6.45) is -4.19. The highest BCUT2D eigenvalue weighted by molar-refractivity contribution is 7.99. The summed E-state index contributed by atoms with van der Waals surface area (Å²) in [5.74, 6) is 1.14. The van der Waals surface area contributed by atoms with E-state index in [9.17, 15) is 20.1 Å². The van der Waals surface area contributed by atoms with E-state index in [1.807, 2.05) is 37.3 Å². The Morgan fingerprint density at radius 3 is 2.52 bits per heavy atom. The minimum Gasteiger partial charge on any atom is -0.494 e. The van der Waals surface area contributed by atoms with Crippen molar-refractivity contribution in [1.29, 1.82) is 0 Å². The Morgan fingerprint density at radius 1 is 1.12 bits per heavy atom. The summed E-state index contributed by atoms with van der Waals surface area (Å²) in [6.45, 7) is 4.37. The highest BCUT2D eigenvalue weighted by Crippen LogP contribution is 2.37. The molecule has 0 radical (unpaired) electrons. The lowest BCUT2D eigenvalue weighted by atomic mass is 9.92. The van der Waals surface area contributed by atoms with E-state index >= 15 is 0 Å². The molecule has 1 heterocycles. The van der Waals surface area contributed by atoms with Crippen LogP contribution in [0.5, 0.6) is 5.75 Å². The van der Waals surface area contributed by atoms with Crippen molar-refractivity contribution >= 4 is 29.3 Å². The topological polar surface area (TPSA) is 108 Å². The summed E-state index contributed by atoms with van der Waals surface area (Å²) in [6, 6.07) is 13.1. The zero-order valence-electron chi connectivity index (χ0n) is 18.6. The second-order valence-corrected chi connectivity index (χ2v) is 9.47. The van der Waals surface area contributed by atoms with Gasteiger partial charge in [-0.1, -0.05) is 35.9 Å². The maximum absolute atomic E-state index is 11.0. The number of carbonyl (C=O) groups excluding carboxylic acids is 1. The smallest absolute Gasteiger partial charge is 0.216 e. The van der Waals surface area contributed by atoms with Crippen LogP contribution in [0.4, 0.5) is 0 Å². The third-order valence-electron chi connectivity index (χ3n) is 5.35. The molecule has 9 heteroatoms. The molecule has 1 saturated heterocycles. The average molecular weight is 496 g/mol. The van der Waals surface area contributed by atoms with Gasteiger partial charge < -0.3 is 30.1 Å². The largest absolute Gasteiger partial charge is 0.494 e. The van der Waals surface area contributed by atoms with Gasteiger partial charge in [0.2, 0.25) is 5.91 Å². The molecule has 5 atom stereocenters. The minimum atomic E-state index is -1.37. The van der Waals surface area contributed by atoms with E-state index in [0.29, 0.717) is 35.9 Å². The molecule has 0 aromatic heterocycles. The zero-order chi connectivity index (χ0) is 24.0. The molecule has 1 fully saturated rings. The summed E-state index contributed by atoms with van der Waals surface area (Å²) < 4.78 is 11.5. The summed E-state index contributed by atoms with van der Waals surface area (Å²) in [5.41, 5.74) is 1.80. The summed E-state index contributed by atoms with van der Waals surface area (Å²) in [5, 5.41) is 34.6. The first-order valence-corrected chi connectivity index (χ1v) is 12.3. The first-order valence-electron chi connectivity index (χ1n) is 10.9. The SMILES string of the molecule is CCOc1ccc(Cc2cc([C@@H]3O[C@H](SCCNC(C)=O)[C@H](O)[C@@H](O)[C@H]3O)ccc2Cl)cc1. The number of hydrogen-bond donors (Lipinski definition) is 4. The van der Waals surface area contributed by atoms with Crippen molar-refractivity contribution in [2.75, 3.05) is 18.9 Å². The van der Waals surface area contributed by atoms with Crippen molar-refractivity contribution in [2.24, 2.45) is 0 Å². The number of amides is 1. The van der Waals surface area contributed by atoms with E-state index in [-0.39, 0.29) is 5.91 Å². The lowest BCUT2D eigenvalue weighted by molar-refractivity contribution is -0.200. The lowest BCUT2D eigenvalue weighted by Gasteiger charge is -2.40. The minimum absolute atomic E-state index is 0.143. The van der Waals surface area contributed by atoms with Crippen molar-refractivity contribution in [3.05, 3.63) is 64.2 Å².